The summed E-state index contributed by atoms with van der Waals surface area (Å²) in [6.07, 6.45) is 4.28. The number of benzene rings is 1. The maximum atomic E-state index is 13.3. The molecule has 25 heavy (non-hydrogen) atoms. The van der Waals surface area contributed by atoms with Gasteiger partial charge in [-0.25, -0.2) is 0 Å². The number of ether oxygens (including phenoxy) is 2. The van der Waals surface area contributed by atoms with Crippen LogP contribution < -0.4 is 9.47 Å². The van der Waals surface area contributed by atoms with Crippen LogP contribution in [0.2, 0.25) is 0 Å². The Morgan fingerprint density at radius 3 is 2.88 bits per heavy atom. The zero-order valence-corrected chi connectivity index (χ0v) is 15.7. The van der Waals surface area contributed by atoms with Gasteiger partial charge in [0.05, 0.1) is 19.3 Å². The van der Waals surface area contributed by atoms with E-state index < -0.39 is 0 Å². The van der Waals surface area contributed by atoms with Gasteiger partial charge in [-0.15, -0.1) is 0 Å². The Labute approximate surface area is 150 Å². The summed E-state index contributed by atoms with van der Waals surface area (Å²) in [4.78, 5) is 17.8. The third-order valence-corrected chi connectivity index (χ3v) is 5.41. The van der Waals surface area contributed by atoms with E-state index >= 15 is 0 Å². The van der Waals surface area contributed by atoms with E-state index in [-0.39, 0.29) is 5.91 Å². The van der Waals surface area contributed by atoms with Crippen molar-refractivity contribution >= 4 is 5.91 Å². The summed E-state index contributed by atoms with van der Waals surface area (Å²) >= 11 is 0. The zero-order valence-electron chi connectivity index (χ0n) is 15.7. The van der Waals surface area contributed by atoms with Crippen LogP contribution in [0, 0.1) is 5.92 Å². The van der Waals surface area contributed by atoms with Crippen LogP contribution in [-0.4, -0.2) is 62.1 Å². The van der Waals surface area contributed by atoms with Gasteiger partial charge in [-0.1, -0.05) is 6.92 Å². The molecule has 2 aliphatic heterocycles. The van der Waals surface area contributed by atoms with Crippen molar-refractivity contribution in [2.75, 3.05) is 40.4 Å². The van der Waals surface area contributed by atoms with Gasteiger partial charge >= 0.3 is 0 Å². The molecule has 2 atom stereocenters. The molecule has 0 spiro atoms. The molecule has 1 aromatic carbocycles. The van der Waals surface area contributed by atoms with E-state index in [0.717, 1.165) is 44.6 Å². The number of methoxy groups -OCH3 is 1. The first-order chi connectivity index (χ1) is 12.1. The highest BCUT2D eigenvalue weighted by Crippen LogP contribution is 2.33. The standard InChI is InChI=1S/C20H30N2O3/c1-4-12-25-19-13-16(24-3)7-8-17(19)20(23)22-10-5-6-15-14-21(2)11-9-18(15)22/h7-8,13,15,18H,4-6,9-12,14H2,1-3H3/t15-,18-/m1/s1. The van der Waals surface area contributed by atoms with E-state index in [0.29, 0.717) is 29.9 Å². The van der Waals surface area contributed by atoms with Gasteiger partial charge in [0.15, 0.2) is 0 Å². The van der Waals surface area contributed by atoms with Gasteiger partial charge < -0.3 is 19.3 Å². The van der Waals surface area contributed by atoms with Crippen LogP contribution in [0.3, 0.4) is 0 Å². The third kappa shape index (κ3) is 3.92. The fraction of sp³-hybridized carbons (Fsp3) is 0.650. The van der Waals surface area contributed by atoms with Crippen LogP contribution in [0.4, 0.5) is 0 Å². The van der Waals surface area contributed by atoms with Crippen molar-refractivity contribution in [1.82, 2.24) is 9.80 Å². The molecule has 1 amide bonds. The van der Waals surface area contributed by atoms with Crippen LogP contribution in [0.1, 0.15) is 43.0 Å². The predicted octanol–water partition coefficient (Wildman–Crippen LogP) is 3.04. The monoisotopic (exact) mass is 346 g/mol. The first-order valence-corrected chi connectivity index (χ1v) is 9.44. The quantitative estimate of drug-likeness (QED) is 0.822. The topological polar surface area (TPSA) is 42.0 Å². The molecule has 1 aromatic rings. The molecule has 5 nitrogen and oxygen atoms in total. The minimum Gasteiger partial charge on any atom is -0.497 e. The molecule has 2 saturated heterocycles. The van der Waals surface area contributed by atoms with Gasteiger partial charge in [0.25, 0.3) is 5.91 Å². The summed E-state index contributed by atoms with van der Waals surface area (Å²) in [5, 5.41) is 0. The molecule has 2 heterocycles. The maximum absolute atomic E-state index is 13.3. The molecule has 0 bridgehead atoms. The SMILES string of the molecule is CCCOc1cc(OC)ccc1C(=O)N1CCC[C@@H]2CN(C)CC[C@H]21. The lowest BCUT2D eigenvalue weighted by Gasteiger charge is -2.46. The van der Waals surface area contributed by atoms with Crippen LogP contribution in [0.5, 0.6) is 11.5 Å². The lowest BCUT2D eigenvalue weighted by molar-refractivity contribution is 0.0251. The van der Waals surface area contributed by atoms with E-state index in [1.54, 1.807) is 7.11 Å². The lowest BCUT2D eigenvalue weighted by atomic mass is 9.83. The van der Waals surface area contributed by atoms with Crippen molar-refractivity contribution in [3.63, 3.8) is 0 Å². The van der Waals surface area contributed by atoms with Crippen LogP contribution in [-0.2, 0) is 0 Å². The number of nitrogens with zero attached hydrogens (tertiary/aromatic N) is 2. The number of hydrogen-bond acceptors (Lipinski definition) is 4. The fourth-order valence-corrected chi connectivity index (χ4v) is 4.13. The average molecular weight is 346 g/mol. The minimum absolute atomic E-state index is 0.105. The van der Waals surface area contributed by atoms with Gasteiger partial charge in [0.2, 0.25) is 0 Å². The number of fused-ring (bicyclic) bond motifs is 1. The molecule has 0 aromatic heterocycles. The number of carbonyl (C=O) groups is 1. The first kappa shape index (κ1) is 18.1. The summed E-state index contributed by atoms with van der Waals surface area (Å²) < 4.78 is 11.2. The van der Waals surface area contributed by atoms with E-state index in [2.05, 4.69) is 23.8 Å². The number of piperidine rings is 2. The Hall–Kier alpha value is -1.75. The Kier molecular flexibility index (Phi) is 5.84. The maximum Gasteiger partial charge on any atom is 0.257 e. The van der Waals surface area contributed by atoms with Gasteiger partial charge in [0, 0.05) is 25.2 Å². The molecule has 2 aliphatic rings. The Balaban J connectivity index is 1.84. The normalized spacial score (nSPS) is 23.9. The molecule has 2 fully saturated rings. The first-order valence-electron chi connectivity index (χ1n) is 9.44. The molecule has 3 rings (SSSR count). The van der Waals surface area contributed by atoms with E-state index in [9.17, 15) is 4.79 Å². The van der Waals surface area contributed by atoms with Crippen molar-refractivity contribution in [1.29, 1.82) is 0 Å². The molecule has 0 saturated carbocycles. The van der Waals surface area contributed by atoms with Crippen molar-refractivity contribution in [2.45, 2.75) is 38.6 Å². The van der Waals surface area contributed by atoms with Crippen molar-refractivity contribution < 1.29 is 14.3 Å². The number of rotatable bonds is 5. The highest BCUT2D eigenvalue weighted by atomic mass is 16.5. The van der Waals surface area contributed by atoms with E-state index in [1.165, 1.54) is 6.42 Å². The van der Waals surface area contributed by atoms with Gasteiger partial charge in [-0.2, -0.15) is 0 Å². The Bertz CT molecular complexity index is 605. The molecule has 0 aliphatic carbocycles. The number of hydrogen-bond donors (Lipinski definition) is 0. The molecule has 0 radical (unpaired) electrons. The van der Waals surface area contributed by atoms with Crippen LogP contribution in [0.15, 0.2) is 18.2 Å². The third-order valence-electron chi connectivity index (χ3n) is 5.41. The average Bonchev–Trinajstić information content (AvgIpc) is 2.64. The van der Waals surface area contributed by atoms with E-state index in [1.807, 2.05) is 18.2 Å². The zero-order chi connectivity index (χ0) is 17.8. The Morgan fingerprint density at radius 1 is 1.28 bits per heavy atom. The lowest BCUT2D eigenvalue weighted by Crippen LogP contribution is -2.55. The number of amides is 1. The van der Waals surface area contributed by atoms with Crippen LogP contribution >= 0.6 is 0 Å². The van der Waals surface area contributed by atoms with Gasteiger partial charge in [0.1, 0.15) is 11.5 Å². The molecule has 0 N–H and O–H groups in total. The Morgan fingerprint density at radius 2 is 2.12 bits per heavy atom. The molecular formula is C20H30N2O3. The second-order valence-electron chi connectivity index (χ2n) is 7.23. The largest absolute Gasteiger partial charge is 0.497 e. The van der Waals surface area contributed by atoms with Crippen molar-refractivity contribution in [3.05, 3.63) is 23.8 Å². The summed E-state index contributed by atoms with van der Waals surface area (Å²) in [7, 11) is 3.81. The molecular weight excluding hydrogens is 316 g/mol. The minimum atomic E-state index is 0.105. The predicted molar refractivity (Wildman–Crippen MR) is 98.4 cm³/mol. The summed E-state index contributed by atoms with van der Waals surface area (Å²) in [5.41, 5.74) is 0.661. The highest BCUT2D eigenvalue weighted by molar-refractivity contribution is 5.97. The van der Waals surface area contributed by atoms with Crippen molar-refractivity contribution in [3.8, 4) is 11.5 Å². The summed E-state index contributed by atoms with van der Waals surface area (Å²) in [5.74, 6) is 2.06. The van der Waals surface area contributed by atoms with Crippen LogP contribution in [0.25, 0.3) is 0 Å². The highest BCUT2D eigenvalue weighted by Gasteiger charge is 2.38. The van der Waals surface area contributed by atoms with Crippen molar-refractivity contribution in [2.24, 2.45) is 5.92 Å². The van der Waals surface area contributed by atoms with Gasteiger partial charge in [-0.3, -0.25) is 4.79 Å². The second kappa shape index (κ2) is 8.09. The van der Waals surface area contributed by atoms with Gasteiger partial charge in [-0.05, 0) is 57.3 Å². The summed E-state index contributed by atoms with van der Waals surface area (Å²) in [6.45, 7) is 5.67. The smallest absolute Gasteiger partial charge is 0.257 e. The fourth-order valence-electron chi connectivity index (χ4n) is 4.13. The van der Waals surface area contributed by atoms with E-state index in [4.69, 9.17) is 9.47 Å². The second-order valence-corrected chi connectivity index (χ2v) is 7.23. The number of likely N-dealkylation sites (tertiary alicyclic amines) is 2. The molecule has 0 unspecified atom stereocenters. The molecule has 5 heteroatoms. The molecule has 138 valence electrons. The summed E-state index contributed by atoms with van der Waals surface area (Å²) in [6, 6.07) is 5.89. The number of carbonyl (C=O) groups excluding carboxylic acids is 1.